The number of carbonyl (C=O) groups is 1. The van der Waals surface area contributed by atoms with Crippen LogP contribution in [-0.2, 0) is 13.3 Å². The van der Waals surface area contributed by atoms with Crippen molar-refractivity contribution < 1.29 is 13.9 Å². The highest BCUT2D eigenvalue weighted by molar-refractivity contribution is 6.31. The van der Waals surface area contributed by atoms with Crippen molar-refractivity contribution in [2.45, 2.75) is 27.1 Å². The van der Waals surface area contributed by atoms with E-state index >= 15 is 0 Å². The fraction of sp³-hybridized carbons (Fsp3) is 0.182. The van der Waals surface area contributed by atoms with Crippen LogP contribution in [0.1, 0.15) is 27.2 Å². The van der Waals surface area contributed by atoms with Crippen LogP contribution in [0.15, 0.2) is 55.0 Å². The maximum Gasteiger partial charge on any atom is 0.278 e. The first-order valence-electron chi connectivity index (χ1n) is 9.76. The molecule has 0 fully saturated rings. The Kier molecular flexibility index (Phi) is 6.18. The quantitative estimate of drug-likeness (QED) is 0.451. The Balaban J connectivity index is 1.36. The Labute approximate surface area is 188 Å². The van der Waals surface area contributed by atoms with E-state index in [9.17, 15) is 9.18 Å². The molecular weight excluding hydrogens is 435 g/mol. The van der Waals surface area contributed by atoms with Gasteiger partial charge >= 0.3 is 0 Å². The molecule has 164 valence electrons. The molecule has 0 aliphatic rings. The molecule has 8 nitrogen and oxygen atoms in total. The van der Waals surface area contributed by atoms with Gasteiger partial charge in [0.1, 0.15) is 17.9 Å². The van der Waals surface area contributed by atoms with Gasteiger partial charge in [-0.2, -0.15) is 5.10 Å². The van der Waals surface area contributed by atoms with Crippen LogP contribution in [0.4, 0.5) is 10.3 Å². The molecule has 4 rings (SSSR count). The zero-order valence-corrected chi connectivity index (χ0v) is 18.2. The minimum atomic E-state index is -0.475. The summed E-state index contributed by atoms with van der Waals surface area (Å²) in [6, 6.07) is 11.9. The molecule has 32 heavy (non-hydrogen) atoms. The minimum Gasteiger partial charge on any atom is -0.471 e. The number of anilines is 1. The van der Waals surface area contributed by atoms with Gasteiger partial charge in [0.15, 0.2) is 12.4 Å². The number of aryl methyl sites for hydroxylation is 2. The summed E-state index contributed by atoms with van der Waals surface area (Å²) in [5, 5.41) is 11.2. The van der Waals surface area contributed by atoms with Crippen LogP contribution in [0.25, 0.3) is 0 Å². The molecule has 0 atom stereocenters. The molecule has 2 heterocycles. The van der Waals surface area contributed by atoms with Crippen LogP contribution in [-0.4, -0.2) is 30.5 Å². The zero-order chi connectivity index (χ0) is 22.7. The van der Waals surface area contributed by atoms with E-state index in [0.29, 0.717) is 10.6 Å². The van der Waals surface area contributed by atoms with Crippen molar-refractivity contribution in [3.63, 3.8) is 0 Å². The van der Waals surface area contributed by atoms with Crippen molar-refractivity contribution in [3.8, 4) is 5.75 Å². The summed E-state index contributed by atoms with van der Waals surface area (Å²) in [5.74, 6) is -0.0885. The number of nitrogens with zero attached hydrogens (tertiary/aromatic N) is 5. The van der Waals surface area contributed by atoms with Gasteiger partial charge in [-0.05, 0) is 43.7 Å². The highest BCUT2D eigenvalue weighted by Gasteiger charge is 2.14. The molecule has 0 saturated carbocycles. The third-order valence-electron chi connectivity index (χ3n) is 4.70. The summed E-state index contributed by atoms with van der Waals surface area (Å²) < 4.78 is 22.6. The van der Waals surface area contributed by atoms with Crippen molar-refractivity contribution >= 4 is 23.5 Å². The number of carbonyl (C=O) groups excluding carboxylic acids is 1. The molecule has 2 aromatic carbocycles. The van der Waals surface area contributed by atoms with Crippen LogP contribution in [0, 0.1) is 19.7 Å². The number of rotatable bonds is 7. The smallest absolute Gasteiger partial charge is 0.278 e. The number of amides is 1. The van der Waals surface area contributed by atoms with Crippen LogP contribution in [0.2, 0.25) is 5.02 Å². The minimum absolute atomic E-state index is 0.0727. The van der Waals surface area contributed by atoms with Crippen LogP contribution >= 0.6 is 11.6 Å². The van der Waals surface area contributed by atoms with Crippen molar-refractivity contribution in [2.75, 3.05) is 5.32 Å². The third kappa shape index (κ3) is 4.94. The van der Waals surface area contributed by atoms with E-state index in [4.69, 9.17) is 16.3 Å². The first-order chi connectivity index (χ1) is 15.4. The second-order valence-electron chi connectivity index (χ2n) is 7.20. The van der Waals surface area contributed by atoms with E-state index in [1.165, 1.54) is 27.8 Å². The van der Waals surface area contributed by atoms with Crippen LogP contribution < -0.4 is 10.1 Å². The third-order valence-corrected chi connectivity index (χ3v) is 5.05. The summed E-state index contributed by atoms with van der Waals surface area (Å²) in [6.07, 6.45) is 3.03. The lowest BCUT2D eigenvalue weighted by Gasteiger charge is -2.09. The van der Waals surface area contributed by atoms with Crippen molar-refractivity contribution in [1.29, 1.82) is 0 Å². The van der Waals surface area contributed by atoms with Gasteiger partial charge in [-0.1, -0.05) is 35.4 Å². The number of nitrogens with one attached hydrogen (secondary N) is 1. The standard InChI is InChI=1S/C22H20ClFN6O2/c1-14-6-7-20(15(2)10-14)32-13-29-9-8-19(27-29)21(31)26-22-25-12-30(28-22)11-16-17(23)4-3-5-18(16)24/h3-10,12H,11,13H2,1-2H3,(H,26,28,31). The average molecular weight is 455 g/mol. The van der Waals surface area contributed by atoms with E-state index in [0.717, 1.165) is 16.9 Å². The molecule has 0 aliphatic carbocycles. The summed E-state index contributed by atoms with van der Waals surface area (Å²) >= 11 is 6.04. The average Bonchev–Trinajstić information content (AvgIpc) is 3.40. The highest BCUT2D eigenvalue weighted by atomic mass is 35.5. The van der Waals surface area contributed by atoms with E-state index in [1.807, 2.05) is 32.0 Å². The first-order valence-corrected chi connectivity index (χ1v) is 10.1. The van der Waals surface area contributed by atoms with E-state index in [-0.39, 0.29) is 24.9 Å². The second-order valence-corrected chi connectivity index (χ2v) is 7.61. The van der Waals surface area contributed by atoms with Gasteiger partial charge < -0.3 is 4.74 Å². The maximum atomic E-state index is 14.0. The number of halogens is 2. The Hall–Kier alpha value is -3.72. The lowest BCUT2D eigenvalue weighted by atomic mass is 10.1. The fourth-order valence-corrected chi connectivity index (χ4v) is 3.31. The maximum absolute atomic E-state index is 14.0. The van der Waals surface area contributed by atoms with Gasteiger partial charge in [0, 0.05) is 16.8 Å². The normalized spacial score (nSPS) is 10.9. The molecule has 0 bridgehead atoms. The molecule has 2 aromatic heterocycles. The molecule has 10 heteroatoms. The number of ether oxygens (including phenoxy) is 1. The highest BCUT2D eigenvalue weighted by Crippen LogP contribution is 2.20. The van der Waals surface area contributed by atoms with Crippen molar-refractivity contribution in [3.05, 3.63) is 88.2 Å². The molecule has 4 aromatic rings. The zero-order valence-electron chi connectivity index (χ0n) is 17.4. The Morgan fingerprint density at radius 2 is 2.00 bits per heavy atom. The van der Waals surface area contributed by atoms with Gasteiger partial charge in [-0.3, -0.25) is 10.1 Å². The molecule has 0 spiro atoms. The SMILES string of the molecule is Cc1ccc(OCn2ccc(C(=O)Nc3ncn(Cc4c(F)cccc4Cl)n3)n2)c(C)c1. The largest absolute Gasteiger partial charge is 0.471 e. The lowest BCUT2D eigenvalue weighted by Crippen LogP contribution is -2.15. The topological polar surface area (TPSA) is 86.9 Å². The van der Waals surface area contributed by atoms with E-state index in [1.54, 1.807) is 18.3 Å². The number of hydrogen-bond donors (Lipinski definition) is 1. The van der Waals surface area contributed by atoms with Gasteiger partial charge in [0.25, 0.3) is 5.91 Å². The number of aromatic nitrogens is 5. The monoisotopic (exact) mass is 454 g/mol. The molecule has 0 unspecified atom stereocenters. The predicted octanol–water partition coefficient (Wildman–Crippen LogP) is 4.22. The van der Waals surface area contributed by atoms with Gasteiger partial charge in [0.05, 0.1) is 6.54 Å². The second kappa shape index (κ2) is 9.19. The van der Waals surface area contributed by atoms with Crippen LogP contribution in [0.3, 0.4) is 0 Å². The lowest BCUT2D eigenvalue weighted by molar-refractivity contribution is 0.101. The fourth-order valence-electron chi connectivity index (χ4n) is 3.09. The van der Waals surface area contributed by atoms with Crippen molar-refractivity contribution in [2.24, 2.45) is 0 Å². The summed E-state index contributed by atoms with van der Waals surface area (Å²) in [7, 11) is 0. The van der Waals surface area contributed by atoms with Gasteiger partial charge in [-0.15, -0.1) is 5.10 Å². The Morgan fingerprint density at radius 1 is 1.16 bits per heavy atom. The Morgan fingerprint density at radius 3 is 2.78 bits per heavy atom. The summed E-state index contributed by atoms with van der Waals surface area (Å²) in [5.41, 5.74) is 2.65. The number of hydrogen-bond acceptors (Lipinski definition) is 5. The van der Waals surface area contributed by atoms with Crippen LogP contribution in [0.5, 0.6) is 5.75 Å². The predicted molar refractivity (Wildman–Crippen MR) is 117 cm³/mol. The molecule has 0 saturated heterocycles. The Bertz CT molecular complexity index is 1250. The van der Waals surface area contributed by atoms with Gasteiger partial charge in [-0.25, -0.2) is 18.7 Å². The summed E-state index contributed by atoms with van der Waals surface area (Å²) in [4.78, 5) is 16.5. The van der Waals surface area contributed by atoms with Crippen molar-refractivity contribution in [1.82, 2.24) is 24.5 Å². The first kappa shape index (κ1) is 21.5. The summed E-state index contributed by atoms with van der Waals surface area (Å²) in [6.45, 7) is 4.23. The molecule has 0 radical (unpaired) electrons. The molecule has 1 amide bonds. The van der Waals surface area contributed by atoms with E-state index < -0.39 is 11.7 Å². The number of benzene rings is 2. The van der Waals surface area contributed by atoms with Gasteiger partial charge in [0.2, 0.25) is 5.95 Å². The van der Waals surface area contributed by atoms with E-state index in [2.05, 4.69) is 20.5 Å². The molecular formula is C22H20ClFN6O2. The molecule has 1 N–H and O–H groups in total. The molecule has 0 aliphatic heterocycles.